The lowest BCUT2D eigenvalue weighted by Gasteiger charge is -2.09. The molecule has 2 aromatic carbocycles. The average molecular weight is 283 g/mol. The van der Waals surface area contributed by atoms with Crippen LogP contribution < -0.4 is 10.1 Å². The second-order valence-corrected chi connectivity index (χ2v) is 4.42. The third-order valence-electron chi connectivity index (χ3n) is 2.71. The number of anilines is 1. The summed E-state index contributed by atoms with van der Waals surface area (Å²) in [7, 11) is 1.35. The summed E-state index contributed by atoms with van der Waals surface area (Å²) in [5.41, 5.74) is 1.58. The van der Waals surface area contributed by atoms with E-state index in [9.17, 15) is 4.79 Å². The zero-order valence-corrected chi connectivity index (χ0v) is 12.0. The highest BCUT2D eigenvalue weighted by Crippen LogP contribution is 2.23. The maximum absolute atomic E-state index is 11.1. The molecule has 0 aliphatic carbocycles. The summed E-state index contributed by atoms with van der Waals surface area (Å²) in [6.07, 6.45) is 1.40. The van der Waals surface area contributed by atoms with Gasteiger partial charge < -0.3 is 14.8 Å². The number of nitrogens with one attached hydrogen (secondary N) is 1. The van der Waals surface area contributed by atoms with Crippen LogP contribution in [0.25, 0.3) is 0 Å². The number of carbonyl (C=O) groups is 1. The number of ether oxygens (including phenoxy) is 2. The van der Waals surface area contributed by atoms with Gasteiger partial charge in [-0.05, 0) is 43.3 Å². The first-order chi connectivity index (χ1) is 10.2. The quantitative estimate of drug-likeness (QED) is 0.666. The van der Waals surface area contributed by atoms with Gasteiger partial charge in [-0.1, -0.05) is 18.2 Å². The van der Waals surface area contributed by atoms with Gasteiger partial charge in [0.25, 0.3) is 0 Å². The molecule has 0 fully saturated rings. The van der Waals surface area contributed by atoms with Gasteiger partial charge in [0.05, 0.1) is 7.11 Å². The molecule has 0 aliphatic rings. The van der Waals surface area contributed by atoms with E-state index in [0.29, 0.717) is 5.70 Å². The number of benzene rings is 2. The summed E-state index contributed by atoms with van der Waals surface area (Å²) in [6.45, 7) is 1.80. The van der Waals surface area contributed by atoms with Gasteiger partial charge in [-0.25, -0.2) is 4.79 Å². The zero-order chi connectivity index (χ0) is 15.1. The van der Waals surface area contributed by atoms with Gasteiger partial charge in [-0.15, -0.1) is 0 Å². The Morgan fingerprint density at radius 3 is 2.24 bits per heavy atom. The zero-order valence-electron chi connectivity index (χ0n) is 12.0. The lowest BCUT2D eigenvalue weighted by molar-refractivity contribution is -0.134. The fourth-order valence-electron chi connectivity index (χ4n) is 1.73. The van der Waals surface area contributed by atoms with Crippen molar-refractivity contribution in [3.05, 3.63) is 66.4 Å². The van der Waals surface area contributed by atoms with Crippen LogP contribution in [0.15, 0.2) is 66.4 Å². The van der Waals surface area contributed by atoms with Crippen LogP contribution in [0, 0.1) is 0 Å². The van der Waals surface area contributed by atoms with Crippen molar-refractivity contribution >= 4 is 11.7 Å². The number of methoxy groups -OCH3 is 1. The number of hydrogen-bond acceptors (Lipinski definition) is 4. The van der Waals surface area contributed by atoms with Crippen LogP contribution in [-0.2, 0) is 9.53 Å². The Labute approximate surface area is 124 Å². The van der Waals surface area contributed by atoms with Crippen LogP contribution in [0.4, 0.5) is 5.69 Å². The summed E-state index contributed by atoms with van der Waals surface area (Å²) >= 11 is 0. The Morgan fingerprint density at radius 1 is 1.00 bits per heavy atom. The summed E-state index contributed by atoms with van der Waals surface area (Å²) in [5.74, 6) is 1.16. The van der Waals surface area contributed by atoms with Crippen molar-refractivity contribution in [3.8, 4) is 11.5 Å². The maximum Gasteiger partial charge on any atom is 0.332 e. The second kappa shape index (κ2) is 7.14. The molecule has 2 rings (SSSR count). The molecule has 0 saturated carbocycles. The molecule has 1 N–H and O–H groups in total. The smallest absolute Gasteiger partial charge is 0.332 e. The monoisotopic (exact) mass is 283 g/mol. The molecule has 0 spiro atoms. The minimum absolute atomic E-state index is 0.385. The van der Waals surface area contributed by atoms with E-state index in [4.69, 9.17) is 4.74 Å². The van der Waals surface area contributed by atoms with Gasteiger partial charge in [0.1, 0.15) is 11.5 Å². The number of hydrogen-bond donors (Lipinski definition) is 1. The lowest BCUT2D eigenvalue weighted by Crippen LogP contribution is -2.01. The van der Waals surface area contributed by atoms with Gasteiger partial charge in [0.2, 0.25) is 0 Å². The van der Waals surface area contributed by atoms with Crippen LogP contribution >= 0.6 is 0 Å². The van der Waals surface area contributed by atoms with E-state index in [1.54, 1.807) is 6.92 Å². The molecule has 0 atom stereocenters. The van der Waals surface area contributed by atoms with E-state index >= 15 is 0 Å². The summed E-state index contributed by atoms with van der Waals surface area (Å²) in [6, 6.07) is 17.1. The fourth-order valence-corrected chi connectivity index (χ4v) is 1.73. The summed E-state index contributed by atoms with van der Waals surface area (Å²) in [5, 5.41) is 3.10. The molecule has 4 heteroatoms. The molecule has 4 nitrogen and oxygen atoms in total. The molecule has 0 heterocycles. The Morgan fingerprint density at radius 2 is 1.62 bits per heavy atom. The molecule has 108 valence electrons. The van der Waals surface area contributed by atoms with Crippen molar-refractivity contribution < 1.29 is 14.3 Å². The van der Waals surface area contributed by atoms with Crippen LogP contribution in [0.5, 0.6) is 11.5 Å². The molecule has 0 unspecified atom stereocenters. The van der Waals surface area contributed by atoms with Crippen molar-refractivity contribution in [1.29, 1.82) is 0 Å². The minimum atomic E-state index is -0.385. The van der Waals surface area contributed by atoms with E-state index in [0.717, 1.165) is 17.2 Å². The van der Waals surface area contributed by atoms with Crippen molar-refractivity contribution in [1.82, 2.24) is 0 Å². The number of allylic oxidation sites excluding steroid dienone is 1. The Bertz CT molecular complexity index is 618. The minimum Gasteiger partial charge on any atom is -0.466 e. The van der Waals surface area contributed by atoms with E-state index in [2.05, 4.69) is 10.1 Å². The van der Waals surface area contributed by atoms with Crippen LogP contribution in [0.2, 0.25) is 0 Å². The molecular formula is C17H17NO3. The number of esters is 1. The van der Waals surface area contributed by atoms with Gasteiger partial charge >= 0.3 is 5.97 Å². The third kappa shape index (κ3) is 4.69. The highest BCUT2D eigenvalue weighted by atomic mass is 16.5. The van der Waals surface area contributed by atoms with Crippen LogP contribution in [0.1, 0.15) is 6.92 Å². The van der Waals surface area contributed by atoms with Gasteiger partial charge in [-0.2, -0.15) is 0 Å². The SMILES string of the molecule is COC(=O)/C=C(/C)Nc1ccc(Oc2ccccc2)cc1. The Hall–Kier alpha value is -2.75. The van der Waals surface area contributed by atoms with E-state index < -0.39 is 0 Å². The van der Waals surface area contributed by atoms with Gasteiger partial charge in [-0.3, -0.25) is 0 Å². The lowest BCUT2D eigenvalue weighted by atomic mass is 10.3. The van der Waals surface area contributed by atoms with Crippen molar-refractivity contribution in [2.75, 3.05) is 12.4 Å². The largest absolute Gasteiger partial charge is 0.466 e. The number of carbonyl (C=O) groups excluding carboxylic acids is 1. The normalized spacial score (nSPS) is 10.9. The summed E-state index contributed by atoms with van der Waals surface area (Å²) < 4.78 is 10.3. The van der Waals surface area contributed by atoms with E-state index in [-0.39, 0.29) is 5.97 Å². The average Bonchev–Trinajstić information content (AvgIpc) is 2.50. The highest BCUT2D eigenvalue weighted by Gasteiger charge is 2.00. The molecule has 0 bridgehead atoms. The molecular weight excluding hydrogens is 266 g/mol. The topological polar surface area (TPSA) is 47.6 Å². The van der Waals surface area contributed by atoms with E-state index in [1.807, 2.05) is 54.6 Å². The molecule has 21 heavy (non-hydrogen) atoms. The van der Waals surface area contributed by atoms with Crippen molar-refractivity contribution in [3.63, 3.8) is 0 Å². The van der Waals surface area contributed by atoms with Gasteiger partial charge in [0, 0.05) is 17.5 Å². The predicted molar refractivity (Wildman–Crippen MR) is 82.4 cm³/mol. The maximum atomic E-state index is 11.1. The third-order valence-corrected chi connectivity index (χ3v) is 2.71. The predicted octanol–water partition coefficient (Wildman–Crippen LogP) is 3.97. The Balaban J connectivity index is 1.99. The first-order valence-electron chi connectivity index (χ1n) is 6.53. The van der Waals surface area contributed by atoms with Crippen LogP contribution in [-0.4, -0.2) is 13.1 Å². The molecule has 0 radical (unpaired) electrons. The first-order valence-corrected chi connectivity index (χ1v) is 6.53. The van der Waals surface area contributed by atoms with Crippen molar-refractivity contribution in [2.24, 2.45) is 0 Å². The summed E-state index contributed by atoms with van der Waals surface area (Å²) in [4.78, 5) is 11.1. The fraction of sp³-hybridized carbons (Fsp3) is 0.118. The van der Waals surface area contributed by atoms with Crippen molar-refractivity contribution in [2.45, 2.75) is 6.92 Å². The number of rotatable bonds is 5. The van der Waals surface area contributed by atoms with E-state index in [1.165, 1.54) is 13.2 Å². The molecule has 0 saturated heterocycles. The van der Waals surface area contributed by atoms with Crippen LogP contribution in [0.3, 0.4) is 0 Å². The van der Waals surface area contributed by atoms with Gasteiger partial charge in [0.15, 0.2) is 0 Å². The highest BCUT2D eigenvalue weighted by molar-refractivity contribution is 5.83. The molecule has 2 aromatic rings. The molecule has 0 aromatic heterocycles. The number of para-hydroxylation sites is 1. The first kappa shape index (κ1) is 14.7. The standard InChI is InChI=1S/C17H17NO3/c1-13(12-17(19)20-2)18-14-8-10-16(11-9-14)21-15-6-4-3-5-7-15/h3-12,18H,1-2H3/b13-12-. The Kier molecular flexibility index (Phi) is 4.99. The second-order valence-electron chi connectivity index (χ2n) is 4.42. The molecule has 0 aliphatic heterocycles. The molecule has 0 amide bonds.